The molecule has 4 bridgehead atoms. The third kappa shape index (κ3) is 5.35. The Morgan fingerprint density at radius 1 is 1.16 bits per heavy atom. The van der Waals surface area contributed by atoms with Crippen molar-refractivity contribution in [3.63, 3.8) is 0 Å². The van der Waals surface area contributed by atoms with Gasteiger partial charge in [-0.3, -0.25) is 14.4 Å². The van der Waals surface area contributed by atoms with Crippen LogP contribution in [0.2, 0.25) is 10.0 Å². The Bertz CT molecular complexity index is 1680. The van der Waals surface area contributed by atoms with Crippen molar-refractivity contribution in [1.82, 2.24) is 19.6 Å². The molecule has 1 N–H and O–H groups in total. The molecule has 3 atom stereocenters. The highest BCUT2D eigenvalue weighted by Gasteiger charge is 2.57. The highest BCUT2D eigenvalue weighted by atomic mass is 35.5. The molecule has 2 aromatic carbocycles. The number of hydrogen-bond donors (Lipinski definition) is 1. The van der Waals surface area contributed by atoms with Gasteiger partial charge >= 0.3 is 0 Å². The molecule has 3 amide bonds. The van der Waals surface area contributed by atoms with Crippen molar-refractivity contribution in [1.29, 1.82) is 5.26 Å². The Morgan fingerprint density at radius 3 is 2.73 bits per heavy atom. The number of fused-ring (bicyclic) bond motifs is 2. The van der Waals surface area contributed by atoms with Crippen LogP contribution in [0, 0.1) is 17.2 Å². The standard InChI is InChI=1S/C33H34Cl2N6O3/c1-20(2)12-29-31(43)40-19-33(15-24(40)16-36)25-13-21(7-9-27(25)38-32(33)44)6-4-3-5-11-39(29)30(42)22-17-37-41(18-22)28-10-8-23(34)14-26(28)35/h7-10,13-14,17-18,20,24,29H,3-6,11-12,15,19H2,1-2H3,(H,38,44)/t24-,29-,33-/m0/s1. The van der Waals surface area contributed by atoms with Crippen LogP contribution in [0.5, 0.6) is 0 Å². The zero-order chi connectivity index (χ0) is 31.2. The lowest BCUT2D eigenvalue weighted by molar-refractivity contribution is -0.137. The van der Waals surface area contributed by atoms with E-state index in [4.69, 9.17) is 23.2 Å². The van der Waals surface area contributed by atoms with E-state index < -0.39 is 17.5 Å². The van der Waals surface area contributed by atoms with E-state index >= 15 is 0 Å². The van der Waals surface area contributed by atoms with Crippen LogP contribution in [0.4, 0.5) is 5.69 Å². The van der Waals surface area contributed by atoms with E-state index in [9.17, 15) is 19.6 Å². The number of carbonyl (C=O) groups is 3. The molecular formula is C33H34Cl2N6O3. The Balaban J connectivity index is 1.38. The Hall–Kier alpha value is -3.87. The summed E-state index contributed by atoms with van der Waals surface area (Å²) in [5, 5.41) is 18.5. The quantitative estimate of drug-likeness (QED) is 0.392. The summed E-state index contributed by atoms with van der Waals surface area (Å²) in [5.41, 5.74) is 2.61. The lowest BCUT2D eigenvalue weighted by atomic mass is 9.79. The molecular weight excluding hydrogens is 599 g/mol. The van der Waals surface area contributed by atoms with E-state index in [0.29, 0.717) is 40.7 Å². The Kier molecular flexibility index (Phi) is 8.16. The van der Waals surface area contributed by atoms with Crippen LogP contribution >= 0.6 is 23.2 Å². The van der Waals surface area contributed by atoms with Crippen LogP contribution in [0.1, 0.15) is 67.4 Å². The number of amides is 3. The fourth-order valence-corrected chi connectivity index (χ4v) is 7.31. The van der Waals surface area contributed by atoms with Gasteiger partial charge in [0.2, 0.25) is 11.8 Å². The average molecular weight is 634 g/mol. The number of nitrogens with one attached hydrogen (secondary N) is 1. The lowest BCUT2D eigenvalue weighted by Crippen LogP contribution is -2.53. The molecule has 1 aromatic heterocycles. The summed E-state index contributed by atoms with van der Waals surface area (Å²) in [6, 6.07) is 11.8. The molecule has 44 heavy (non-hydrogen) atoms. The van der Waals surface area contributed by atoms with Gasteiger partial charge in [0.05, 0.1) is 34.0 Å². The van der Waals surface area contributed by atoms with Crippen LogP contribution in [0.25, 0.3) is 5.69 Å². The van der Waals surface area contributed by atoms with Crippen molar-refractivity contribution in [2.45, 2.75) is 69.9 Å². The third-order valence-corrected chi connectivity index (χ3v) is 9.58. The predicted molar refractivity (Wildman–Crippen MR) is 168 cm³/mol. The van der Waals surface area contributed by atoms with Gasteiger partial charge in [0.15, 0.2) is 0 Å². The van der Waals surface area contributed by atoms with E-state index in [1.807, 2.05) is 26.0 Å². The van der Waals surface area contributed by atoms with Crippen molar-refractivity contribution in [2.24, 2.45) is 5.92 Å². The highest BCUT2D eigenvalue weighted by molar-refractivity contribution is 6.35. The number of hydrogen-bond acceptors (Lipinski definition) is 5. The van der Waals surface area contributed by atoms with Crippen LogP contribution in [0.3, 0.4) is 0 Å². The van der Waals surface area contributed by atoms with Gasteiger partial charge in [-0.1, -0.05) is 55.6 Å². The molecule has 6 rings (SSSR count). The number of aromatic nitrogens is 2. The van der Waals surface area contributed by atoms with E-state index in [0.717, 1.165) is 36.1 Å². The van der Waals surface area contributed by atoms with Gasteiger partial charge in [0.25, 0.3) is 5.91 Å². The number of nitrogens with zero attached hydrogens (tertiary/aromatic N) is 5. The monoisotopic (exact) mass is 632 g/mol. The van der Waals surface area contributed by atoms with Gasteiger partial charge < -0.3 is 15.1 Å². The maximum atomic E-state index is 14.5. The van der Waals surface area contributed by atoms with E-state index in [1.54, 1.807) is 29.3 Å². The summed E-state index contributed by atoms with van der Waals surface area (Å²) in [7, 11) is 0. The van der Waals surface area contributed by atoms with E-state index in [1.165, 1.54) is 15.8 Å². The summed E-state index contributed by atoms with van der Waals surface area (Å²) in [6.45, 7) is 4.49. The molecule has 3 aliphatic heterocycles. The van der Waals surface area contributed by atoms with Crippen molar-refractivity contribution in [3.05, 3.63) is 75.5 Å². The first-order valence-corrected chi connectivity index (χ1v) is 15.8. The maximum absolute atomic E-state index is 14.5. The minimum absolute atomic E-state index is 0.0869. The number of rotatable bonds is 4. The second-order valence-electron chi connectivity index (χ2n) is 12.5. The fourth-order valence-electron chi connectivity index (χ4n) is 6.81. The Labute approximate surface area is 266 Å². The molecule has 1 fully saturated rings. The number of nitriles is 1. The molecule has 0 aliphatic carbocycles. The fraction of sp³-hybridized carbons (Fsp3) is 0.424. The van der Waals surface area contributed by atoms with E-state index in [2.05, 4.69) is 22.6 Å². The smallest absolute Gasteiger partial charge is 0.257 e. The summed E-state index contributed by atoms with van der Waals surface area (Å²) in [6.07, 6.45) is 7.02. The number of aryl methyl sites for hydroxylation is 1. The number of carbonyl (C=O) groups excluding carboxylic acids is 3. The molecule has 0 saturated carbocycles. The zero-order valence-electron chi connectivity index (χ0n) is 24.7. The van der Waals surface area contributed by atoms with Crippen molar-refractivity contribution in [3.8, 4) is 11.8 Å². The summed E-state index contributed by atoms with van der Waals surface area (Å²) in [4.78, 5) is 45.5. The van der Waals surface area contributed by atoms with Gasteiger partial charge in [-0.15, -0.1) is 0 Å². The highest BCUT2D eigenvalue weighted by Crippen LogP contribution is 2.47. The number of halogens is 2. The number of anilines is 1. The molecule has 3 aliphatic rings. The van der Waals surface area contributed by atoms with Crippen molar-refractivity contribution in [2.75, 3.05) is 18.4 Å². The molecule has 1 saturated heterocycles. The third-order valence-electron chi connectivity index (χ3n) is 9.04. The van der Waals surface area contributed by atoms with E-state index in [-0.39, 0.29) is 36.6 Å². The number of benzene rings is 2. The first-order valence-electron chi connectivity index (χ1n) is 15.1. The molecule has 9 nitrogen and oxygen atoms in total. The second-order valence-corrected chi connectivity index (χ2v) is 13.3. The topological polar surface area (TPSA) is 111 Å². The molecule has 11 heteroatoms. The van der Waals surface area contributed by atoms with Crippen LogP contribution in [-0.2, 0) is 21.4 Å². The predicted octanol–water partition coefficient (Wildman–Crippen LogP) is 5.78. The molecule has 1 spiro atoms. The van der Waals surface area contributed by atoms with Gasteiger partial charge in [-0.25, -0.2) is 4.68 Å². The lowest BCUT2D eigenvalue weighted by Gasteiger charge is -2.35. The summed E-state index contributed by atoms with van der Waals surface area (Å²) < 4.78 is 1.52. The molecule has 228 valence electrons. The van der Waals surface area contributed by atoms with Gasteiger partial charge in [-0.05, 0) is 67.0 Å². The first-order chi connectivity index (χ1) is 21.1. The zero-order valence-corrected chi connectivity index (χ0v) is 26.2. The average Bonchev–Trinajstić information content (AvgIpc) is 3.70. The second kappa shape index (κ2) is 11.9. The van der Waals surface area contributed by atoms with Crippen LogP contribution in [0.15, 0.2) is 48.8 Å². The van der Waals surface area contributed by atoms with Gasteiger partial charge in [0, 0.05) is 36.4 Å². The normalized spacial score (nSPS) is 23.5. The van der Waals surface area contributed by atoms with Crippen molar-refractivity contribution < 1.29 is 14.4 Å². The minimum Gasteiger partial charge on any atom is -0.327 e. The maximum Gasteiger partial charge on any atom is 0.257 e. The van der Waals surface area contributed by atoms with Gasteiger partial charge in [0.1, 0.15) is 12.1 Å². The molecule has 0 unspecified atom stereocenters. The van der Waals surface area contributed by atoms with Crippen LogP contribution in [-0.4, -0.2) is 62.5 Å². The van der Waals surface area contributed by atoms with Crippen molar-refractivity contribution >= 4 is 46.6 Å². The molecule has 4 heterocycles. The van der Waals surface area contributed by atoms with Crippen LogP contribution < -0.4 is 5.32 Å². The minimum atomic E-state index is -0.998. The first kappa shape index (κ1) is 30.2. The molecule has 0 radical (unpaired) electrons. The Morgan fingerprint density at radius 2 is 1.98 bits per heavy atom. The summed E-state index contributed by atoms with van der Waals surface area (Å²) in [5.74, 6) is -0.725. The SMILES string of the molecule is CC(C)C[C@H]1C(=O)N2C[C@]3(C[C@H]2C#N)C(=O)Nc2ccc(cc23)CCCCCN1C(=O)c1cnn(-c2ccc(Cl)cc2Cl)c1. The molecule has 3 aromatic rings. The summed E-state index contributed by atoms with van der Waals surface area (Å²) >= 11 is 12.5. The van der Waals surface area contributed by atoms with Gasteiger partial charge in [-0.2, -0.15) is 10.4 Å². The largest absolute Gasteiger partial charge is 0.327 e.